The number of imidazole rings is 1. The smallest absolute Gasteiger partial charge is 0.206 e. The number of fused-ring (bicyclic) bond motifs is 1. The Labute approximate surface area is 144 Å². The largest absolute Gasteiger partial charge is 0.394 e. The number of ether oxygens (including phenoxy) is 1. The minimum Gasteiger partial charge on any atom is -0.394 e. The van der Waals surface area contributed by atoms with Crippen molar-refractivity contribution < 1.29 is 14.9 Å². The van der Waals surface area contributed by atoms with Crippen LogP contribution in [0.2, 0.25) is 10.0 Å². The zero-order chi connectivity index (χ0) is 16.7. The summed E-state index contributed by atoms with van der Waals surface area (Å²) >= 11 is 12.2. The van der Waals surface area contributed by atoms with Crippen molar-refractivity contribution in [3.8, 4) is 0 Å². The Morgan fingerprint density at radius 2 is 2.09 bits per heavy atom. The van der Waals surface area contributed by atoms with E-state index in [1.807, 2.05) is 18.4 Å². The van der Waals surface area contributed by atoms with Gasteiger partial charge in [-0.3, -0.25) is 4.57 Å². The summed E-state index contributed by atoms with van der Waals surface area (Å²) in [5, 5.41) is 23.4. The molecule has 0 amide bonds. The van der Waals surface area contributed by atoms with Crippen LogP contribution in [0.25, 0.3) is 11.0 Å². The lowest BCUT2D eigenvalue weighted by Crippen LogP contribution is -2.24. The van der Waals surface area contributed by atoms with Crippen molar-refractivity contribution in [3.05, 3.63) is 22.2 Å². The van der Waals surface area contributed by atoms with Gasteiger partial charge in [0.2, 0.25) is 5.95 Å². The highest BCUT2D eigenvalue weighted by molar-refractivity contribution is 6.42. The maximum Gasteiger partial charge on any atom is 0.206 e. The van der Waals surface area contributed by atoms with Crippen molar-refractivity contribution in [3.63, 3.8) is 0 Å². The fraction of sp³-hybridized carbons (Fsp3) is 0.533. The van der Waals surface area contributed by atoms with Gasteiger partial charge >= 0.3 is 0 Å². The third kappa shape index (κ3) is 3.14. The third-order valence-electron chi connectivity index (χ3n) is 3.82. The van der Waals surface area contributed by atoms with Crippen LogP contribution in [0.1, 0.15) is 26.5 Å². The number of hydrogen-bond donors (Lipinski definition) is 3. The Morgan fingerprint density at radius 3 is 2.70 bits per heavy atom. The van der Waals surface area contributed by atoms with E-state index in [0.29, 0.717) is 27.9 Å². The first-order chi connectivity index (χ1) is 10.9. The number of nitrogens with zero attached hydrogens (tertiary/aromatic N) is 2. The lowest BCUT2D eigenvalue weighted by atomic mass is 10.2. The van der Waals surface area contributed by atoms with Crippen LogP contribution >= 0.6 is 23.2 Å². The average molecular weight is 360 g/mol. The van der Waals surface area contributed by atoms with E-state index in [4.69, 9.17) is 27.9 Å². The summed E-state index contributed by atoms with van der Waals surface area (Å²) in [6.45, 7) is 3.78. The Morgan fingerprint density at radius 1 is 1.39 bits per heavy atom. The van der Waals surface area contributed by atoms with E-state index in [0.717, 1.165) is 5.52 Å². The zero-order valence-electron chi connectivity index (χ0n) is 12.8. The molecule has 8 heteroatoms. The summed E-state index contributed by atoms with van der Waals surface area (Å²) in [5.74, 6) is 0.615. The number of benzene rings is 1. The van der Waals surface area contributed by atoms with Crippen molar-refractivity contribution in [2.75, 3.05) is 11.9 Å². The minimum atomic E-state index is -0.725. The van der Waals surface area contributed by atoms with Gasteiger partial charge in [-0.2, -0.15) is 0 Å². The molecule has 3 rings (SSSR count). The first-order valence-corrected chi connectivity index (χ1v) is 8.24. The molecular formula is C15H19Cl2N3O3. The number of aliphatic hydroxyl groups is 2. The van der Waals surface area contributed by atoms with Crippen LogP contribution in [-0.4, -0.2) is 44.6 Å². The quantitative estimate of drug-likeness (QED) is 0.782. The van der Waals surface area contributed by atoms with E-state index in [1.54, 1.807) is 12.1 Å². The van der Waals surface area contributed by atoms with Gasteiger partial charge in [-0.15, -0.1) is 0 Å². The van der Waals surface area contributed by atoms with Gasteiger partial charge in [0.1, 0.15) is 12.3 Å². The molecule has 2 aromatic rings. The van der Waals surface area contributed by atoms with Crippen molar-refractivity contribution in [1.29, 1.82) is 0 Å². The van der Waals surface area contributed by atoms with E-state index in [2.05, 4.69) is 10.3 Å². The van der Waals surface area contributed by atoms with E-state index in [9.17, 15) is 10.2 Å². The summed E-state index contributed by atoms with van der Waals surface area (Å²) in [5.41, 5.74) is 1.45. The zero-order valence-corrected chi connectivity index (χ0v) is 14.3. The minimum absolute atomic E-state index is 0.163. The second-order valence-electron chi connectivity index (χ2n) is 5.97. The summed E-state index contributed by atoms with van der Waals surface area (Å²) in [7, 11) is 0. The molecule has 1 saturated heterocycles. The van der Waals surface area contributed by atoms with Crippen LogP contribution in [0.3, 0.4) is 0 Å². The molecule has 1 aromatic heterocycles. The van der Waals surface area contributed by atoms with Crippen LogP contribution in [0, 0.1) is 0 Å². The molecule has 0 radical (unpaired) electrons. The van der Waals surface area contributed by atoms with Crippen molar-refractivity contribution in [2.24, 2.45) is 0 Å². The van der Waals surface area contributed by atoms with Gasteiger partial charge in [0, 0.05) is 12.5 Å². The van der Waals surface area contributed by atoms with E-state index >= 15 is 0 Å². The molecule has 23 heavy (non-hydrogen) atoms. The molecule has 0 unspecified atom stereocenters. The molecule has 0 aliphatic carbocycles. The first kappa shape index (κ1) is 16.8. The van der Waals surface area contributed by atoms with Gasteiger partial charge < -0.3 is 20.3 Å². The number of aliphatic hydroxyl groups excluding tert-OH is 2. The highest BCUT2D eigenvalue weighted by Crippen LogP contribution is 2.37. The molecule has 1 aliphatic rings. The number of anilines is 1. The lowest BCUT2D eigenvalue weighted by Gasteiger charge is -2.19. The number of rotatable bonds is 4. The number of nitrogens with one attached hydrogen (secondary N) is 1. The highest BCUT2D eigenvalue weighted by atomic mass is 35.5. The fourth-order valence-electron chi connectivity index (χ4n) is 2.78. The topological polar surface area (TPSA) is 79.5 Å². The molecule has 3 N–H and O–H groups in total. The summed E-state index contributed by atoms with van der Waals surface area (Å²) in [6, 6.07) is 3.60. The normalized spacial score (nSPS) is 24.7. The Kier molecular flexibility index (Phi) is 4.71. The number of halogens is 2. The SMILES string of the molecule is CC(C)Nc1nc2cc(Cl)c(Cl)cc2n1[C@H]1C[C@@H](O)[C@H](CO)O1. The fourth-order valence-corrected chi connectivity index (χ4v) is 3.10. The predicted octanol–water partition coefficient (Wildman–Crippen LogP) is 2.80. The van der Waals surface area contributed by atoms with Crippen molar-refractivity contribution in [2.45, 2.75) is 44.7 Å². The molecule has 126 valence electrons. The highest BCUT2D eigenvalue weighted by Gasteiger charge is 2.36. The standard InChI is InChI=1S/C15H19Cl2N3O3/c1-7(2)18-15-19-10-3-8(16)9(17)4-11(10)20(15)14-5-12(22)13(6-21)23-14/h3-4,7,12-14,21-22H,5-6H2,1-2H3,(H,18,19)/t12-,13+,14-/m1/s1. The third-order valence-corrected chi connectivity index (χ3v) is 4.54. The van der Waals surface area contributed by atoms with Gasteiger partial charge in [-0.05, 0) is 26.0 Å². The molecule has 0 bridgehead atoms. The molecular weight excluding hydrogens is 341 g/mol. The van der Waals surface area contributed by atoms with E-state index in [1.165, 1.54) is 0 Å². The Balaban J connectivity index is 2.10. The second kappa shape index (κ2) is 6.45. The molecule has 1 aliphatic heterocycles. The molecule has 3 atom stereocenters. The average Bonchev–Trinajstić information content (AvgIpc) is 2.99. The summed E-state index contributed by atoms with van der Waals surface area (Å²) in [6.07, 6.45) is -1.40. The van der Waals surface area contributed by atoms with Crippen LogP contribution in [-0.2, 0) is 4.74 Å². The molecule has 2 heterocycles. The second-order valence-corrected chi connectivity index (χ2v) is 6.79. The summed E-state index contributed by atoms with van der Waals surface area (Å²) < 4.78 is 7.63. The maximum absolute atomic E-state index is 10.0. The molecule has 0 saturated carbocycles. The maximum atomic E-state index is 10.0. The number of hydrogen-bond acceptors (Lipinski definition) is 5. The summed E-state index contributed by atoms with van der Waals surface area (Å²) in [4.78, 5) is 4.56. The molecule has 1 fully saturated rings. The van der Waals surface area contributed by atoms with E-state index in [-0.39, 0.29) is 12.6 Å². The lowest BCUT2D eigenvalue weighted by molar-refractivity contribution is -0.0424. The van der Waals surface area contributed by atoms with E-state index < -0.39 is 18.4 Å². The van der Waals surface area contributed by atoms with Crippen molar-refractivity contribution >= 4 is 40.2 Å². The molecule has 1 aromatic carbocycles. The molecule has 6 nitrogen and oxygen atoms in total. The first-order valence-electron chi connectivity index (χ1n) is 7.48. The van der Waals surface area contributed by atoms with Gasteiger partial charge in [-0.1, -0.05) is 23.2 Å². The van der Waals surface area contributed by atoms with Crippen LogP contribution in [0.4, 0.5) is 5.95 Å². The van der Waals surface area contributed by atoms with Gasteiger partial charge in [0.15, 0.2) is 0 Å². The molecule has 0 spiro atoms. The predicted molar refractivity (Wildman–Crippen MR) is 90.1 cm³/mol. The number of aromatic nitrogens is 2. The van der Waals surface area contributed by atoms with Gasteiger partial charge in [-0.25, -0.2) is 4.98 Å². The van der Waals surface area contributed by atoms with Crippen molar-refractivity contribution in [1.82, 2.24) is 9.55 Å². The Bertz CT molecular complexity index is 720. The van der Waals surface area contributed by atoms with Crippen LogP contribution in [0.5, 0.6) is 0 Å². The van der Waals surface area contributed by atoms with Gasteiger partial charge in [0.05, 0.1) is 33.8 Å². The van der Waals surface area contributed by atoms with Crippen LogP contribution < -0.4 is 5.32 Å². The van der Waals surface area contributed by atoms with Gasteiger partial charge in [0.25, 0.3) is 0 Å². The monoisotopic (exact) mass is 359 g/mol. The van der Waals surface area contributed by atoms with Crippen LogP contribution in [0.15, 0.2) is 12.1 Å². The Hall–Kier alpha value is -1.05.